The van der Waals surface area contributed by atoms with Gasteiger partial charge in [-0.3, -0.25) is 19.9 Å². The third-order valence-corrected chi connectivity index (χ3v) is 4.59. The van der Waals surface area contributed by atoms with Crippen molar-refractivity contribution in [2.75, 3.05) is 5.32 Å². The van der Waals surface area contributed by atoms with Crippen LogP contribution in [0.5, 0.6) is 0 Å². The predicted molar refractivity (Wildman–Crippen MR) is 122 cm³/mol. The van der Waals surface area contributed by atoms with Crippen molar-refractivity contribution in [3.63, 3.8) is 0 Å². The van der Waals surface area contributed by atoms with E-state index < -0.39 is 11.7 Å². The molecule has 0 saturated carbocycles. The Morgan fingerprint density at radius 3 is 2.53 bits per heavy atom. The number of rotatable bonds is 6. The molecule has 164 valence electrons. The number of amides is 2. The molecule has 0 radical (unpaired) electrons. The summed E-state index contributed by atoms with van der Waals surface area (Å²) in [4.78, 5) is 32.4. The Hall–Kier alpha value is -3.78. The first kappa shape index (κ1) is 22.9. The first-order valence-electron chi connectivity index (χ1n) is 9.72. The number of aliphatic imine (C=N–C) groups is 1. The average Bonchev–Trinajstić information content (AvgIpc) is 2.79. The number of carbonyl (C=O) groups is 2. The molecule has 2 amide bonds. The standard InChI is InChI=1S/C23H21ClFN5O2/c1-15(31)27-13-16-5-7-17(8-6-16)22(32)30-23(28-14-19-4-2-3-11-26-19)29-18-9-10-21(25)20(24)12-18/h2-12H,13-14H2,1H3,(H,27,31)(H2,28,29,30,32). The van der Waals surface area contributed by atoms with Crippen molar-refractivity contribution in [1.82, 2.24) is 15.6 Å². The Bertz CT molecular complexity index is 1120. The molecule has 0 aliphatic heterocycles. The van der Waals surface area contributed by atoms with Gasteiger partial charge in [0.05, 0.1) is 17.3 Å². The zero-order valence-electron chi connectivity index (χ0n) is 17.2. The fraction of sp³-hybridized carbons (Fsp3) is 0.130. The highest BCUT2D eigenvalue weighted by molar-refractivity contribution is 6.31. The SMILES string of the molecule is CC(=O)NCc1ccc(C(=O)NC(=NCc2ccccn2)Nc2ccc(F)c(Cl)c2)cc1. The number of nitrogens with one attached hydrogen (secondary N) is 3. The van der Waals surface area contributed by atoms with E-state index in [0.717, 1.165) is 5.56 Å². The van der Waals surface area contributed by atoms with Crippen molar-refractivity contribution in [1.29, 1.82) is 0 Å². The predicted octanol–water partition coefficient (Wildman–Crippen LogP) is 3.91. The van der Waals surface area contributed by atoms with Gasteiger partial charge < -0.3 is 10.6 Å². The van der Waals surface area contributed by atoms with Gasteiger partial charge >= 0.3 is 0 Å². The highest BCUT2D eigenvalue weighted by atomic mass is 35.5. The number of benzene rings is 2. The van der Waals surface area contributed by atoms with Crippen LogP contribution in [0.2, 0.25) is 5.02 Å². The van der Waals surface area contributed by atoms with Crippen LogP contribution in [0.1, 0.15) is 28.5 Å². The van der Waals surface area contributed by atoms with Crippen LogP contribution in [-0.2, 0) is 17.9 Å². The van der Waals surface area contributed by atoms with Crippen molar-refractivity contribution >= 4 is 35.1 Å². The largest absolute Gasteiger partial charge is 0.352 e. The van der Waals surface area contributed by atoms with Crippen LogP contribution >= 0.6 is 11.6 Å². The summed E-state index contributed by atoms with van der Waals surface area (Å²) in [7, 11) is 0. The molecule has 32 heavy (non-hydrogen) atoms. The maximum atomic E-state index is 13.5. The van der Waals surface area contributed by atoms with E-state index in [1.807, 2.05) is 12.1 Å². The van der Waals surface area contributed by atoms with Crippen LogP contribution in [0.15, 0.2) is 71.9 Å². The van der Waals surface area contributed by atoms with Crippen molar-refractivity contribution in [2.24, 2.45) is 4.99 Å². The third kappa shape index (κ3) is 6.88. The summed E-state index contributed by atoms with van der Waals surface area (Å²) in [5.41, 5.74) is 2.43. The van der Waals surface area contributed by atoms with Gasteiger partial charge in [-0.05, 0) is 48.0 Å². The number of hydrogen-bond acceptors (Lipinski definition) is 4. The topological polar surface area (TPSA) is 95.5 Å². The second-order valence-corrected chi connectivity index (χ2v) is 7.21. The molecule has 9 heteroatoms. The molecule has 7 nitrogen and oxygen atoms in total. The molecule has 0 aliphatic carbocycles. The minimum absolute atomic E-state index is 0.0554. The number of hydrogen-bond donors (Lipinski definition) is 3. The lowest BCUT2D eigenvalue weighted by Crippen LogP contribution is -2.36. The van der Waals surface area contributed by atoms with Crippen LogP contribution in [0, 0.1) is 5.82 Å². The summed E-state index contributed by atoms with van der Waals surface area (Å²) in [5.74, 6) is -0.915. The molecule has 0 bridgehead atoms. The lowest BCUT2D eigenvalue weighted by atomic mass is 10.1. The zero-order valence-corrected chi connectivity index (χ0v) is 18.0. The Morgan fingerprint density at radius 1 is 1.09 bits per heavy atom. The molecule has 1 heterocycles. The maximum Gasteiger partial charge on any atom is 0.257 e. The summed E-state index contributed by atoms with van der Waals surface area (Å²) < 4.78 is 13.5. The first-order chi connectivity index (χ1) is 15.4. The van der Waals surface area contributed by atoms with Crippen molar-refractivity contribution in [3.8, 4) is 0 Å². The minimum Gasteiger partial charge on any atom is -0.352 e. The normalized spacial score (nSPS) is 11.0. The molecule has 2 aromatic carbocycles. The zero-order chi connectivity index (χ0) is 22.9. The van der Waals surface area contributed by atoms with E-state index >= 15 is 0 Å². The van der Waals surface area contributed by atoms with Crippen molar-refractivity contribution in [2.45, 2.75) is 20.0 Å². The fourth-order valence-corrected chi connectivity index (χ4v) is 2.83. The van der Waals surface area contributed by atoms with E-state index in [9.17, 15) is 14.0 Å². The molecule has 3 N–H and O–H groups in total. The Balaban J connectivity index is 1.75. The molecule has 0 fully saturated rings. The van der Waals surface area contributed by atoms with Gasteiger partial charge in [-0.15, -0.1) is 0 Å². The quantitative estimate of drug-likeness (QED) is 0.389. The maximum absolute atomic E-state index is 13.5. The highest BCUT2D eigenvalue weighted by Gasteiger charge is 2.11. The molecule has 1 aromatic heterocycles. The number of nitrogens with zero attached hydrogens (tertiary/aromatic N) is 2. The van der Waals surface area contributed by atoms with Crippen LogP contribution in [0.3, 0.4) is 0 Å². The average molecular weight is 454 g/mol. The van der Waals surface area contributed by atoms with Gasteiger partial charge in [-0.25, -0.2) is 9.38 Å². The number of halogens is 2. The monoisotopic (exact) mass is 453 g/mol. The van der Waals surface area contributed by atoms with E-state index in [1.165, 1.54) is 25.1 Å². The Morgan fingerprint density at radius 2 is 1.88 bits per heavy atom. The molecule has 0 aliphatic rings. The Labute approximate surface area is 189 Å². The summed E-state index contributed by atoms with van der Waals surface area (Å²) in [5, 5.41) is 8.32. The second-order valence-electron chi connectivity index (χ2n) is 6.80. The number of pyridine rings is 1. The Kier molecular flexibility index (Phi) is 7.88. The molecule has 3 aromatic rings. The van der Waals surface area contributed by atoms with Crippen LogP contribution in [0.4, 0.5) is 10.1 Å². The number of guanidine groups is 1. The highest BCUT2D eigenvalue weighted by Crippen LogP contribution is 2.19. The molecule has 0 unspecified atom stereocenters. The van der Waals surface area contributed by atoms with Gasteiger partial charge in [0.15, 0.2) is 0 Å². The number of aromatic nitrogens is 1. The molecular weight excluding hydrogens is 433 g/mol. The minimum atomic E-state index is -0.549. The summed E-state index contributed by atoms with van der Waals surface area (Å²) in [6.07, 6.45) is 1.65. The van der Waals surface area contributed by atoms with Gasteiger partial charge in [0, 0.05) is 30.9 Å². The van der Waals surface area contributed by atoms with E-state index in [-0.39, 0.29) is 23.4 Å². The smallest absolute Gasteiger partial charge is 0.257 e. The summed E-state index contributed by atoms with van der Waals surface area (Å²) >= 11 is 5.85. The summed E-state index contributed by atoms with van der Waals surface area (Å²) in [6.45, 7) is 2.03. The molecule has 0 saturated heterocycles. The first-order valence-corrected chi connectivity index (χ1v) is 10.1. The lowest BCUT2D eigenvalue weighted by Gasteiger charge is -2.13. The lowest BCUT2D eigenvalue weighted by molar-refractivity contribution is -0.119. The van der Waals surface area contributed by atoms with Crippen LogP contribution in [-0.4, -0.2) is 22.8 Å². The number of carbonyl (C=O) groups excluding carboxylic acids is 2. The van der Waals surface area contributed by atoms with Gasteiger partial charge in [0.2, 0.25) is 11.9 Å². The van der Waals surface area contributed by atoms with Gasteiger partial charge in [0.25, 0.3) is 5.91 Å². The van der Waals surface area contributed by atoms with E-state index in [1.54, 1.807) is 36.5 Å². The van der Waals surface area contributed by atoms with Gasteiger partial charge in [0.1, 0.15) is 5.82 Å². The molecule has 3 rings (SSSR count). The molecule has 0 spiro atoms. The van der Waals surface area contributed by atoms with E-state index in [2.05, 4.69) is 25.9 Å². The fourth-order valence-electron chi connectivity index (χ4n) is 2.65. The molecule has 0 atom stereocenters. The molecular formula is C23H21ClFN5O2. The van der Waals surface area contributed by atoms with E-state index in [0.29, 0.717) is 23.5 Å². The van der Waals surface area contributed by atoms with Crippen LogP contribution in [0.25, 0.3) is 0 Å². The third-order valence-electron chi connectivity index (χ3n) is 4.30. The van der Waals surface area contributed by atoms with Gasteiger partial charge in [-0.1, -0.05) is 29.8 Å². The number of anilines is 1. The summed E-state index contributed by atoms with van der Waals surface area (Å²) in [6, 6.07) is 16.4. The van der Waals surface area contributed by atoms with Crippen LogP contribution < -0.4 is 16.0 Å². The van der Waals surface area contributed by atoms with Gasteiger partial charge in [-0.2, -0.15) is 0 Å². The second kappa shape index (κ2) is 11.0. The van der Waals surface area contributed by atoms with Crippen molar-refractivity contribution < 1.29 is 14.0 Å². The van der Waals surface area contributed by atoms with Crippen molar-refractivity contribution in [3.05, 3.63) is 94.5 Å². The van der Waals surface area contributed by atoms with E-state index in [4.69, 9.17) is 11.6 Å².